The fourth-order valence-electron chi connectivity index (χ4n) is 4.07. The SMILES string of the molecule is C=C[C@H](Oc1nc(Cl)nc2c1N(C)C(=O)/[N+]2=C\C1CCOC1)[C@@H]1CCCN1C. The number of aromatic nitrogens is 2. The highest BCUT2D eigenvalue weighted by Crippen LogP contribution is 2.41. The summed E-state index contributed by atoms with van der Waals surface area (Å²) in [7, 11) is 3.76. The Morgan fingerprint density at radius 1 is 1.39 bits per heavy atom. The Morgan fingerprint density at radius 2 is 2.21 bits per heavy atom. The number of ether oxygens (including phenoxy) is 2. The molecule has 2 saturated heterocycles. The van der Waals surface area contributed by atoms with Crippen LogP contribution in [0.2, 0.25) is 5.28 Å². The first kappa shape index (κ1) is 19.3. The van der Waals surface area contributed by atoms with Gasteiger partial charge in [-0.1, -0.05) is 11.6 Å². The van der Waals surface area contributed by atoms with Crippen LogP contribution in [0.3, 0.4) is 0 Å². The number of hydrogen-bond acceptors (Lipinski definition) is 6. The first-order valence-electron chi connectivity index (χ1n) is 9.56. The van der Waals surface area contributed by atoms with Crippen LogP contribution >= 0.6 is 11.6 Å². The molecular weight excluding hydrogens is 382 g/mol. The van der Waals surface area contributed by atoms with E-state index in [0.717, 1.165) is 25.8 Å². The van der Waals surface area contributed by atoms with Crippen molar-refractivity contribution >= 4 is 35.4 Å². The number of fused-ring (bicyclic) bond motifs is 1. The van der Waals surface area contributed by atoms with Gasteiger partial charge in [-0.2, -0.15) is 9.56 Å². The van der Waals surface area contributed by atoms with Crippen molar-refractivity contribution in [1.82, 2.24) is 14.9 Å². The number of likely N-dealkylation sites (tertiary alicyclic amines) is 1. The molecule has 2 amide bonds. The van der Waals surface area contributed by atoms with Crippen LogP contribution in [-0.2, 0) is 4.74 Å². The van der Waals surface area contributed by atoms with E-state index in [1.54, 1.807) is 13.1 Å². The van der Waals surface area contributed by atoms with Crippen molar-refractivity contribution in [3.05, 3.63) is 17.9 Å². The van der Waals surface area contributed by atoms with Gasteiger partial charge in [0.25, 0.3) is 5.88 Å². The van der Waals surface area contributed by atoms with Crippen molar-refractivity contribution in [2.45, 2.75) is 31.4 Å². The molecule has 3 aliphatic rings. The van der Waals surface area contributed by atoms with Gasteiger partial charge in [-0.25, -0.2) is 9.69 Å². The van der Waals surface area contributed by atoms with E-state index in [1.165, 1.54) is 9.48 Å². The van der Waals surface area contributed by atoms with Crippen molar-refractivity contribution < 1.29 is 18.8 Å². The first-order chi connectivity index (χ1) is 13.5. The third kappa shape index (κ3) is 3.40. The maximum absolute atomic E-state index is 12.9. The van der Waals surface area contributed by atoms with E-state index in [9.17, 15) is 4.79 Å². The van der Waals surface area contributed by atoms with Crippen molar-refractivity contribution in [2.24, 2.45) is 5.92 Å². The van der Waals surface area contributed by atoms with Crippen molar-refractivity contribution in [1.29, 1.82) is 0 Å². The minimum atomic E-state index is -0.257. The molecule has 4 rings (SSSR count). The second-order valence-corrected chi connectivity index (χ2v) is 7.80. The first-order valence-corrected chi connectivity index (χ1v) is 9.94. The highest BCUT2D eigenvalue weighted by Gasteiger charge is 2.44. The number of amides is 2. The normalized spacial score (nSPS) is 27.5. The fourth-order valence-corrected chi connectivity index (χ4v) is 4.23. The highest BCUT2D eigenvalue weighted by atomic mass is 35.5. The van der Waals surface area contributed by atoms with Gasteiger partial charge in [0.05, 0.1) is 25.9 Å². The minimum absolute atomic E-state index is 0.0421. The summed E-state index contributed by atoms with van der Waals surface area (Å²) in [6.45, 7) is 6.24. The molecule has 0 radical (unpaired) electrons. The van der Waals surface area contributed by atoms with Crippen LogP contribution in [0.4, 0.5) is 16.3 Å². The quantitative estimate of drug-likeness (QED) is 0.425. The standard InChI is InChI=1S/C19H25ClN5O3/c1-4-14(13-6-5-8-23(13)2)28-17-15-16(21-18(20)22-17)25(19(26)24(15)3)10-12-7-9-27-11-12/h4,10,12-14H,1,5-9,11H2,2-3H3/q+1/b25-10-/t12?,13-,14-/m0/s1. The summed E-state index contributed by atoms with van der Waals surface area (Å²) >= 11 is 6.19. The summed E-state index contributed by atoms with van der Waals surface area (Å²) in [4.78, 5) is 25.2. The number of hydrogen-bond donors (Lipinski definition) is 0. The van der Waals surface area contributed by atoms with E-state index in [-0.39, 0.29) is 29.4 Å². The monoisotopic (exact) mass is 406 g/mol. The third-order valence-electron chi connectivity index (χ3n) is 5.62. The van der Waals surface area contributed by atoms with E-state index < -0.39 is 0 Å². The topological polar surface area (TPSA) is 70.8 Å². The molecule has 1 aromatic rings. The highest BCUT2D eigenvalue weighted by molar-refractivity contribution is 6.28. The number of likely N-dealkylation sites (N-methyl/N-ethyl adjacent to an activating group) is 1. The molecule has 4 heterocycles. The molecule has 28 heavy (non-hydrogen) atoms. The molecule has 1 unspecified atom stereocenters. The molecule has 2 fully saturated rings. The van der Waals surface area contributed by atoms with Gasteiger partial charge >= 0.3 is 17.1 Å². The molecule has 150 valence electrons. The molecule has 3 atom stereocenters. The Balaban J connectivity index is 1.70. The molecule has 1 aromatic heterocycles. The van der Waals surface area contributed by atoms with Gasteiger partial charge in [-0.3, -0.25) is 4.90 Å². The number of halogens is 1. The smallest absolute Gasteiger partial charge is 0.448 e. The number of urea groups is 1. The van der Waals surface area contributed by atoms with Gasteiger partial charge in [0.2, 0.25) is 5.69 Å². The second-order valence-electron chi connectivity index (χ2n) is 7.46. The summed E-state index contributed by atoms with van der Waals surface area (Å²) in [6, 6.07) is -0.000871. The Kier molecular flexibility index (Phi) is 5.35. The van der Waals surface area contributed by atoms with Crippen molar-refractivity contribution in [3.8, 4) is 5.88 Å². The molecular formula is C19H25ClN5O3+. The summed E-state index contributed by atoms with van der Waals surface area (Å²) in [6.07, 6.45) is 6.39. The largest absolute Gasteiger partial charge is 0.466 e. The average Bonchev–Trinajstić information content (AvgIpc) is 3.38. The van der Waals surface area contributed by atoms with Gasteiger partial charge in [-0.05, 0) is 50.5 Å². The Morgan fingerprint density at radius 3 is 2.86 bits per heavy atom. The van der Waals surface area contributed by atoms with Crippen LogP contribution < -0.4 is 9.64 Å². The molecule has 0 N–H and O–H groups in total. The Hall–Kier alpha value is -2.03. The molecule has 0 saturated carbocycles. The van der Waals surface area contributed by atoms with E-state index in [1.807, 2.05) is 6.21 Å². The predicted molar refractivity (Wildman–Crippen MR) is 106 cm³/mol. The van der Waals surface area contributed by atoms with Gasteiger partial charge in [-0.15, -0.1) is 0 Å². The van der Waals surface area contributed by atoms with E-state index >= 15 is 0 Å². The summed E-state index contributed by atoms with van der Waals surface area (Å²) in [5.74, 6) is 0.904. The number of nitrogens with zero attached hydrogens (tertiary/aromatic N) is 5. The van der Waals surface area contributed by atoms with E-state index in [0.29, 0.717) is 30.6 Å². The maximum Gasteiger partial charge on any atom is 0.448 e. The predicted octanol–water partition coefficient (Wildman–Crippen LogP) is 2.48. The van der Waals surface area contributed by atoms with Crippen LogP contribution in [0.1, 0.15) is 19.3 Å². The maximum atomic E-state index is 12.9. The number of anilines is 1. The van der Waals surface area contributed by atoms with Gasteiger partial charge in [0, 0.05) is 12.5 Å². The lowest BCUT2D eigenvalue weighted by molar-refractivity contribution is -0.324. The average molecular weight is 407 g/mol. The van der Waals surface area contributed by atoms with E-state index in [4.69, 9.17) is 21.1 Å². The molecule has 0 bridgehead atoms. The number of rotatable bonds is 5. The number of carbonyl (C=O) groups excluding carboxylic acids is 1. The Bertz CT molecular complexity index is 824. The zero-order valence-corrected chi connectivity index (χ0v) is 16.9. The van der Waals surface area contributed by atoms with Crippen LogP contribution in [0.25, 0.3) is 0 Å². The van der Waals surface area contributed by atoms with Crippen LogP contribution in [0, 0.1) is 5.92 Å². The lowest BCUT2D eigenvalue weighted by Crippen LogP contribution is -2.39. The fraction of sp³-hybridized carbons (Fsp3) is 0.579. The van der Waals surface area contributed by atoms with Crippen LogP contribution in [0.15, 0.2) is 12.7 Å². The lowest BCUT2D eigenvalue weighted by Gasteiger charge is -2.27. The summed E-state index contributed by atoms with van der Waals surface area (Å²) in [5, 5.41) is 0.0421. The molecule has 9 heteroatoms. The molecule has 8 nitrogen and oxygen atoms in total. The van der Waals surface area contributed by atoms with Gasteiger partial charge < -0.3 is 9.47 Å². The van der Waals surface area contributed by atoms with Crippen molar-refractivity contribution in [2.75, 3.05) is 38.8 Å². The van der Waals surface area contributed by atoms with Crippen molar-refractivity contribution in [3.63, 3.8) is 0 Å². The molecule has 0 aromatic carbocycles. The van der Waals surface area contributed by atoms with Crippen LogP contribution in [0.5, 0.6) is 5.88 Å². The summed E-state index contributed by atoms with van der Waals surface area (Å²) < 4.78 is 13.2. The molecule has 3 aliphatic heterocycles. The summed E-state index contributed by atoms with van der Waals surface area (Å²) in [5.41, 5.74) is 0.525. The van der Waals surface area contributed by atoms with Gasteiger partial charge in [0.15, 0.2) is 0 Å². The van der Waals surface area contributed by atoms with Crippen LogP contribution in [-0.4, -0.2) is 77.7 Å². The zero-order chi connectivity index (χ0) is 19.8. The second kappa shape index (κ2) is 7.77. The molecule has 0 aliphatic carbocycles. The lowest BCUT2D eigenvalue weighted by atomic mass is 10.1. The number of carbonyl (C=O) groups is 1. The van der Waals surface area contributed by atoms with E-state index in [2.05, 4.69) is 28.5 Å². The molecule has 0 spiro atoms. The third-order valence-corrected chi connectivity index (χ3v) is 5.79. The zero-order valence-electron chi connectivity index (χ0n) is 16.2. The van der Waals surface area contributed by atoms with Gasteiger partial charge in [0.1, 0.15) is 6.10 Å². The minimum Gasteiger partial charge on any atom is -0.466 e. The Labute approximate surface area is 169 Å².